The van der Waals surface area contributed by atoms with Crippen LogP contribution in [-0.2, 0) is 11.3 Å². The predicted octanol–water partition coefficient (Wildman–Crippen LogP) is 4.43. The number of amides is 2. The van der Waals surface area contributed by atoms with E-state index in [1.54, 1.807) is 12.1 Å². The molecule has 1 unspecified atom stereocenters. The number of nitrogens with zero attached hydrogens (tertiary/aromatic N) is 3. The molecule has 2 amide bonds. The van der Waals surface area contributed by atoms with Crippen molar-refractivity contribution in [2.75, 3.05) is 25.0 Å². The van der Waals surface area contributed by atoms with Crippen molar-refractivity contribution >= 4 is 17.5 Å². The third-order valence-corrected chi connectivity index (χ3v) is 6.26. The first-order valence-corrected chi connectivity index (χ1v) is 12.3. The SMILES string of the molecule is CCCCNC(=O)c1ccccc1NC(=O)C1CCCN(Cc2nc(-c3ccc(C)cc3)no2)C1. The summed E-state index contributed by atoms with van der Waals surface area (Å²) in [7, 11) is 0. The molecule has 1 aromatic heterocycles. The lowest BCUT2D eigenvalue weighted by molar-refractivity contribution is -0.121. The number of rotatable bonds is 9. The molecule has 2 aromatic carbocycles. The second-order valence-electron chi connectivity index (χ2n) is 9.10. The number of carbonyl (C=O) groups excluding carboxylic acids is 2. The highest BCUT2D eigenvalue weighted by atomic mass is 16.5. The molecule has 0 radical (unpaired) electrons. The minimum atomic E-state index is -0.181. The molecule has 184 valence electrons. The molecule has 1 saturated heterocycles. The smallest absolute Gasteiger partial charge is 0.253 e. The Labute approximate surface area is 206 Å². The number of aromatic nitrogens is 2. The molecule has 8 heteroatoms. The van der Waals surface area contributed by atoms with E-state index < -0.39 is 0 Å². The monoisotopic (exact) mass is 475 g/mol. The molecule has 0 spiro atoms. The van der Waals surface area contributed by atoms with Crippen LogP contribution in [0, 0.1) is 12.8 Å². The maximum atomic E-state index is 13.1. The number of hydrogen-bond acceptors (Lipinski definition) is 6. The first-order chi connectivity index (χ1) is 17.0. The van der Waals surface area contributed by atoms with E-state index in [2.05, 4.69) is 32.6 Å². The summed E-state index contributed by atoms with van der Waals surface area (Å²) in [6, 6.07) is 15.1. The fraction of sp³-hybridized carbons (Fsp3) is 0.407. The van der Waals surface area contributed by atoms with Crippen LogP contribution in [0.5, 0.6) is 0 Å². The van der Waals surface area contributed by atoms with Gasteiger partial charge in [-0.3, -0.25) is 14.5 Å². The lowest BCUT2D eigenvalue weighted by atomic mass is 9.96. The van der Waals surface area contributed by atoms with Crippen molar-refractivity contribution < 1.29 is 14.1 Å². The molecule has 2 heterocycles. The number of unbranched alkanes of at least 4 members (excludes halogenated alkanes) is 1. The van der Waals surface area contributed by atoms with Crippen molar-refractivity contribution in [2.24, 2.45) is 5.92 Å². The van der Waals surface area contributed by atoms with Crippen LogP contribution in [0.25, 0.3) is 11.4 Å². The molecule has 0 aliphatic carbocycles. The Bertz CT molecular complexity index is 1140. The fourth-order valence-electron chi connectivity index (χ4n) is 4.24. The molecule has 35 heavy (non-hydrogen) atoms. The Morgan fingerprint density at radius 1 is 1.14 bits per heavy atom. The van der Waals surface area contributed by atoms with Gasteiger partial charge in [0.2, 0.25) is 17.6 Å². The lowest BCUT2D eigenvalue weighted by Crippen LogP contribution is -2.40. The van der Waals surface area contributed by atoms with E-state index in [1.807, 2.05) is 43.3 Å². The van der Waals surface area contributed by atoms with E-state index in [-0.39, 0.29) is 17.7 Å². The van der Waals surface area contributed by atoms with Gasteiger partial charge in [0.15, 0.2) is 0 Å². The first kappa shape index (κ1) is 24.6. The number of anilines is 1. The molecular formula is C27H33N5O3. The van der Waals surface area contributed by atoms with Crippen LogP contribution in [0.2, 0.25) is 0 Å². The average molecular weight is 476 g/mol. The summed E-state index contributed by atoms with van der Waals surface area (Å²) in [5, 5.41) is 10.0. The molecule has 1 atom stereocenters. The molecule has 1 fully saturated rings. The van der Waals surface area contributed by atoms with Crippen molar-refractivity contribution in [3.63, 3.8) is 0 Å². The van der Waals surface area contributed by atoms with Gasteiger partial charge in [0, 0.05) is 18.7 Å². The van der Waals surface area contributed by atoms with E-state index in [0.29, 0.717) is 42.6 Å². The molecule has 0 saturated carbocycles. The Kier molecular flexibility index (Phi) is 8.26. The second-order valence-corrected chi connectivity index (χ2v) is 9.10. The Morgan fingerprint density at radius 3 is 2.74 bits per heavy atom. The van der Waals surface area contributed by atoms with Gasteiger partial charge in [-0.2, -0.15) is 4.98 Å². The molecule has 4 rings (SSSR count). The van der Waals surface area contributed by atoms with Crippen LogP contribution >= 0.6 is 0 Å². The highest BCUT2D eigenvalue weighted by Gasteiger charge is 2.28. The van der Waals surface area contributed by atoms with Crippen molar-refractivity contribution in [2.45, 2.75) is 46.1 Å². The Morgan fingerprint density at radius 2 is 1.94 bits per heavy atom. The van der Waals surface area contributed by atoms with Crippen LogP contribution < -0.4 is 10.6 Å². The quantitative estimate of drug-likeness (QED) is 0.444. The zero-order chi connectivity index (χ0) is 24.6. The summed E-state index contributed by atoms with van der Waals surface area (Å²) in [4.78, 5) is 32.4. The van der Waals surface area contributed by atoms with Crippen molar-refractivity contribution in [1.29, 1.82) is 0 Å². The largest absolute Gasteiger partial charge is 0.352 e. The number of piperidine rings is 1. The fourth-order valence-corrected chi connectivity index (χ4v) is 4.24. The third kappa shape index (κ3) is 6.54. The minimum absolute atomic E-state index is 0.0746. The minimum Gasteiger partial charge on any atom is -0.352 e. The van der Waals surface area contributed by atoms with E-state index in [1.165, 1.54) is 5.56 Å². The highest BCUT2D eigenvalue weighted by molar-refractivity contribution is 6.04. The van der Waals surface area contributed by atoms with Gasteiger partial charge in [0.05, 0.1) is 23.7 Å². The first-order valence-electron chi connectivity index (χ1n) is 12.3. The van der Waals surface area contributed by atoms with Crippen LogP contribution in [-0.4, -0.2) is 46.5 Å². The summed E-state index contributed by atoms with van der Waals surface area (Å²) in [5.41, 5.74) is 3.12. The highest BCUT2D eigenvalue weighted by Crippen LogP contribution is 2.23. The molecular weight excluding hydrogens is 442 g/mol. The van der Waals surface area contributed by atoms with E-state index in [9.17, 15) is 9.59 Å². The molecule has 3 aromatic rings. The molecule has 2 N–H and O–H groups in total. The van der Waals surface area contributed by atoms with Gasteiger partial charge in [0.1, 0.15) is 0 Å². The third-order valence-electron chi connectivity index (χ3n) is 6.26. The van der Waals surface area contributed by atoms with Crippen LogP contribution in [0.3, 0.4) is 0 Å². The standard InChI is InChI=1S/C27H33N5O3/c1-3-4-15-28-27(34)22-9-5-6-10-23(22)29-26(33)21-8-7-16-32(17-21)18-24-30-25(31-35-24)20-13-11-19(2)12-14-20/h5-6,9-14,21H,3-4,7-8,15-18H2,1-2H3,(H,28,34)(H,29,33). The zero-order valence-electron chi connectivity index (χ0n) is 20.4. The number of likely N-dealkylation sites (tertiary alicyclic amines) is 1. The van der Waals surface area contributed by atoms with Crippen molar-refractivity contribution in [3.05, 3.63) is 65.5 Å². The van der Waals surface area contributed by atoms with Gasteiger partial charge >= 0.3 is 0 Å². The molecule has 8 nitrogen and oxygen atoms in total. The number of nitrogens with one attached hydrogen (secondary N) is 2. The van der Waals surface area contributed by atoms with Crippen molar-refractivity contribution in [3.8, 4) is 11.4 Å². The number of carbonyl (C=O) groups is 2. The van der Waals surface area contributed by atoms with Gasteiger partial charge in [-0.05, 0) is 44.9 Å². The summed E-state index contributed by atoms with van der Waals surface area (Å²) < 4.78 is 5.48. The second kappa shape index (κ2) is 11.8. The number of para-hydroxylation sites is 1. The van der Waals surface area contributed by atoms with Gasteiger partial charge in [-0.1, -0.05) is 60.5 Å². The van der Waals surface area contributed by atoms with Crippen LogP contribution in [0.15, 0.2) is 53.1 Å². The summed E-state index contributed by atoms with van der Waals surface area (Å²) in [5.74, 6) is 0.685. The summed E-state index contributed by atoms with van der Waals surface area (Å²) in [6.45, 7) is 6.70. The van der Waals surface area contributed by atoms with Crippen LogP contribution in [0.1, 0.15) is 54.4 Å². The topological polar surface area (TPSA) is 100 Å². The van der Waals surface area contributed by atoms with Gasteiger partial charge < -0.3 is 15.2 Å². The number of benzene rings is 2. The van der Waals surface area contributed by atoms with Gasteiger partial charge in [0.25, 0.3) is 5.91 Å². The van der Waals surface area contributed by atoms with E-state index in [4.69, 9.17) is 4.52 Å². The molecule has 0 bridgehead atoms. The predicted molar refractivity (Wildman–Crippen MR) is 135 cm³/mol. The maximum Gasteiger partial charge on any atom is 0.253 e. The Balaban J connectivity index is 1.35. The van der Waals surface area contributed by atoms with Crippen LogP contribution in [0.4, 0.5) is 5.69 Å². The van der Waals surface area contributed by atoms with Gasteiger partial charge in [-0.25, -0.2) is 0 Å². The lowest BCUT2D eigenvalue weighted by Gasteiger charge is -2.31. The summed E-state index contributed by atoms with van der Waals surface area (Å²) in [6.07, 6.45) is 3.63. The Hall–Kier alpha value is -3.52. The number of aryl methyl sites for hydroxylation is 1. The molecule has 1 aliphatic heterocycles. The van der Waals surface area contributed by atoms with E-state index >= 15 is 0 Å². The molecule has 1 aliphatic rings. The van der Waals surface area contributed by atoms with E-state index in [0.717, 1.165) is 37.8 Å². The maximum absolute atomic E-state index is 13.1. The number of hydrogen-bond donors (Lipinski definition) is 2. The average Bonchev–Trinajstić information content (AvgIpc) is 3.33. The summed E-state index contributed by atoms with van der Waals surface area (Å²) >= 11 is 0. The zero-order valence-corrected chi connectivity index (χ0v) is 20.4. The van der Waals surface area contributed by atoms with Gasteiger partial charge in [-0.15, -0.1) is 0 Å². The normalized spacial score (nSPS) is 16.1. The van der Waals surface area contributed by atoms with Crippen molar-refractivity contribution in [1.82, 2.24) is 20.4 Å².